The lowest BCUT2D eigenvalue weighted by Gasteiger charge is -2.20. The summed E-state index contributed by atoms with van der Waals surface area (Å²) in [7, 11) is 0. The Kier molecular flexibility index (Phi) is 2.60. The predicted molar refractivity (Wildman–Crippen MR) is 61.4 cm³/mol. The Bertz CT molecular complexity index is 462. The third-order valence-electron chi connectivity index (χ3n) is 2.80. The molecule has 0 aromatic heterocycles. The molecule has 0 fully saturated rings. The molecule has 1 aliphatic rings. The van der Waals surface area contributed by atoms with Crippen molar-refractivity contribution < 1.29 is 9.59 Å². The summed E-state index contributed by atoms with van der Waals surface area (Å²) in [4.78, 5) is 24.2. The van der Waals surface area contributed by atoms with Crippen LogP contribution in [0.25, 0.3) is 5.57 Å². The lowest BCUT2D eigenvalue weighted by atomic mass is 10.0. The van der Waals surface area contributed by atoms with Crippen LogP contribution in [0, 0.1) is 0 Å². The standard InChI is InChI=1S/C13H13NO2/c1-9-12(11-6-4-3-5-7-11)8-13(16)14(9)10(2)15/h3-9H,1-2H3. The first kappa shape index (κ1) is 10.6. The summed E-state index contributed by atoms with van der Waals surface area (Å²) >= 11 is 0. The molecular formula is C13H13NO2. The van der Waals surface area contributed by atoms with Crippen LogP contribution in [-0.2, 0) is 9.59 Å². The highest BCUT2D eigenvalue weighted by molar-refractivity contribution is 6.10. The molecule has 1 aliphatic heterocycles. The maximum absolute atomic E-state index is 11.6. The van der Waals surface area contributed by atoms with Crippen molar-refractivity contribution in [2.75, 3.05) is 0 Å². The maximum atomic E-state index is 11.6. The summed E-state index contributed by atoms with van der Waals surface area (Å²) in [5.41, 5.74) is 1.90. The molecule has 1 unspecified atom stereocenters. The molecule has 0 spiro atoms. The Morgan fingerprint density at radius 1 is 1.25 bits per heavy atom. The molecule has 2 rings (SSSR count). The number of carbonyl (C=O) groups is 2. The van der Waals surface area contributed by atoms with E-state index in [-0.39, 0.29) is 17.9 Å². The van der Waals surface area contributed by atoms with Gasteiger partial charge < -0.3 is 0 Å². The van der Waals surface area contributed by atoms with Gasteiger partial charge in [-0.25, -0.2) is 0 Å². The number of benzene rings is 1. The van der Waals surface area contributed by atoms with Crippen LogP contribution in [0.3, 0.4) is 0 Å². The maximum Gasteiger partial charge on any atom is 0.254 e. The SMILES string of the molecule is CC(=O)N1C(=O)C=C(c2ccccc2)C1C. The molecule has 0 bridgehead atoms. The zero-order chi connectivity index (χ0) is 11.7. The van der Waals surface area contributed by atoms with Crippen molar-refractivity contribution >= 4 is 17.4 Å². The first-order valence-electron chi connectivity index (χ1n) is 5.22. The second kappa shape index (κ2) is 3.93. The van der Waals surface area contributed by atoms with Gasteiger partial charge in [-0.3, -0.25) is 14.5 Å². The minimum atomic E-state index is -0.223. The zero-order valence-corrected chi connectivity index (χ0v) is 9.31. The second-order valence-corrected chi connectivity index (χ2v) is 3.87. The quantitative estimate of drug-likeness (QED) is 0.717. The van der Waals surface area contributed by atoms with Crippen LogP contribution in [0.4, 0.5) is 0 Å². The molecule has 0 N–H and O–H groups in total. The Morgan fingerprint density at radius 2 is 1.88 bits per heavy atom. The van der Waals surface area contributed by atoms with Crippen molar-refractivity contribution in [1.82, 2.24) is 4.90 Å². The van der Waals surface area contributed by atoms with E-state index in [4.69, 9.17) is 0 Å². The van der Waals surface area contributed by atoms with Crippen LogP contribution in [0.2, 0.25) is 0 Å². The fourth-order valence-electron chi connectivity index (χ4n) is 2.04. The molecule has 16 heavy (non-hydrogen) atoms. The van der Waals surface area contributed by atoms with Crippen molar-refractivity contribution in [3.05, 3.63) is 42.0 Å². The first-order valence-corrected chi connectivity index (χ1v) is 5.22. The minimum absolute atomic E-state index is 0.174. The van der Waals surface area contributed by atoms with Crippen molar-refractivity contribution in [2.45, 2.75) is 19.9 Å². The average Bonchev–Trinajstić information content (AvgIpc) is 2.55. The summed E-state index contributed by atoms with van der Waals surface area (Å²) in [6.45, 7) is 3.28. The molecule has 3 heteroatoms. The molecule has 0 radical (unpaired) electrons. The van der Waals surface area contributed by atoms with E-state index in [0.717, 1.165) is 11.1 Å². The van der Waals surface area contributed by atoms with Crippen molar-refractivity contribution in [1.29, 1.82) is 0 Å². The highest BCUT2D eigenvalue weighted by atomic mass is 16.2. The Balaban J connectivity index is 2.36. The Morgan fingerprint density at radius 3 is 2.38 bits per heavy atom. The first-order chi connectivity index (χ1) is 7.61. The van der Waals surface area contributed by atoms with Crippen molar-refractivity contribution in [3.63, 3.8) is 0 Å². The Labute approximate surface area is 94.4 Å². The van der Waals surface area contributed by atoms with E-state index in [0.29, 0.717) is 0 Å². The molecule has 1 atom stereocenters. The van der Waals surface area contributed by atoms with E-state index in [9.17, 15) is 9.59 Å². The van der Waals surface area contributed by atoms with Crippen LogP contribution in [0.15, 0.2) is 36.4 Å². The molecule has 0 saturated heterocycles. The van der Waals surface area contributed by atoms with E-state index in [2.05, 4.69) is 0 Å². The monoisotopic (exact) mass is 215 g/mol. The number of hydrogen-bond donors (Lipinski definition) is 0. The van der Waals surface area contributed by atoms with Gasteiger partial charge in [0.15, 0.2) is 0 Å². The molecular weight excluding hydrogens is 202 g/mol. The third-order valence-corrected chi connectivity index (χ3v) is 2.80. The van der Waals surface area contributed by atoms with Gasteiger partial charge in [-0.15, -0.1) is 0 Å². The van der Waals surface area contributed by atoms with Crippen LogP contribution in [0.5, 0.6) is 0 Å². The number of nitrogens with zero attached hydrogens (tertiary/aromatic N) is 1. The highest BCUT2D eigenvalue weighted by Gasteiger charge is 2.32. The zero-order valence-electron chi connectivity index (χ0n) is 9.31. The third kappa shape index (κ3) is 1.65. The van der Waals surface area contributed by atoms with Crippen LogP contribution < -0.4 is 0 Å². The minimum Gasteiger partial charge on any atom is -0.275 e. The van der Waals surface area contributed by atoms with Crippen LogP contribution in [-0.4, -0.2) is 22.8 Å². The molecule has 1 aromatic carbocycles. The van der Waals surface area contributed by atoms with Crippen LogP contribution >= 0.6 is 0 Å². The van der Waals surface area contributed by atoms with Gasteiger partial charge >= 0.3 is 0 Å². The lowest BCUT2D eigenvalue weighted by molar-refractivity contribution is -0.140. The number of imide groups is 1. The van der Waals surface area contributed by atoms with E-state index in [1.807, 2.05) is 37.3 Å². The Hall–Kier alpha value is -1.90. The molecule has 82 valence electrons. The van der Waals surface area contributed by atoms with Gasteiger partial charge in [-0.2, -0.15) is 0 Å². The average molecular weight is 215 g/mol. The van der Waals surface area contributed by atoms with Gasteiger partial charge in [0.05, 0.1) is 6.04 Å². The number of hydrogen-bond acceptors (Lipinski definition) is 2. The van der Waals surface area contributed by atoms with E-state index >= 15 is 0 Å². The second-order valence-electron chi connectivity index (χ2n) is 3.87. The summed E-state index contributed by atoms with van der Waals surface area (Å²) in [5, 5.41) is 0. The highest BCUT2D eigenvalue weighted by Crippen LogP contribution is 2.28. The van der Waals surface area contributed by atoms with Gasteiger partial charge in [0.1, 0.15) is 0 Å². The normalized spacial score (nSPS) is 19.9. The van der Waals surface area contributed by atoms with Crippen molar-refractivity contribution in [2.24, 2.45) is 0 Å². The molecule has 1 aromatic rings. The molecule has 1 heterocycles. The fourth-order valence-corrected chi connectivity index (χ4v) is 2.04. The van der Waals surface area contributed by atoms with E-state index < -0.39 is 0 Å². The topological polar surface area (TPSA) is 37.4 Å². The molecule has 2 amide bonds. The summed E-state index contributed by atoms with van der Waals surface area (Å²) in [5.74, 6) is -0.432. The lowest BCUT2D eigenvalue weighted by Crippen LogP contribution is -2.36. The molecule has 0 saturated carbocycles. The van der Waals surface area contributed by atoms with Gasteiger partial charge in [0.25, 0.3) is 5.91 Å². The van der Waals surface area contributed by atoms with Gasteiger partial charge in [-0.05, 0) is 18.1 Å². The molecule has 0 aliphatic carbocycles. The largest absolute Gasteiger partial charge is 0.275 e. The number of rotatable bonds is 1. The van der Waals surface area contributed by atoms with Gasteiger partial charge in [0.2, 0.25) is 5.91 Å². The van der Waals surface area contributed by atoms with Gasteiger partial charge in [-0.1, -0.05) is 30.3 Å². The van der Waals surface area contributed by atoms with Crippen molar-refractivity contribution in [3.8, 4) is 0 Å². The number of carbonyl (C=O) groups excluding carboxylic acids is 2. The van der Waals surface area contributed by atoms with Crippen LogP contribution in [0.1, 0.15) is 19.4 Å². The number of amides is 2. The van der Waals surface area contributed by atoms with Gasteiger partial charge in [0, 0.05) is 13.0 Å². The summed E-state index contributed by atoms with van der Waals surface area (Å²) in [6, 6.07) is 9.48. The summed E-state index contributed by atoms with van der Waals surface area (Å²) in [6.07, 6.45) is 1.54. The van der Waals surface area contributed by atoms with E-state index in [1.165, 1.54) is 11.8 Å². The smallest absolute Gasteiger partial charge is 0.254 e. The predicted octanol–water partition coefficient (Wildman–Crippen LogP) is 1.85. The van der Waals surface area contributed by atoms with E-state index in [1.54, 1.807) is 6.08 Å². The fraction of sp³-hybridized carbons (Fsp3) is 0.231. The summed E-state index contributed by atoms with van der Waals surface area (Å²) < 4.78 is 0. The molecule has 3 nitrogen and oxygen atoms in total.